The fourth-order valence-corrected chi connectivity index (χ4v) is 2.74. The molecule has 4 heteroatoms. The Morgan fingerprint density at radius 1 is 1.04 bits per heavy atom. The van der Waals surface area contributed by atoms with Crippen LogP contribution in [0.4, 0.5) is 0 Å². The van der Waals surface area contributed by atoms with Crippen molar-refractivity contribution >= 4 is 28.3 Å². The third-order valence-corrected chi connectivity index (χ3v) is 4.05. The van der Waals surface area contributed by atoms with Crippen molar-refractivity contribution in [3.8, 4) is 5.75 Å². The maximum Gasteiger partial charge on any atom is 0.251 e. The molecule has 1 unspecified atom stereocenters. The van der Waals surface area contributed by atoms with Gasteiger partial charge in [-0.1, -0.05) is 41.9 Å². The van der Waals surface area contributed by atoms with Gasteiger partial charge >= 0.3 is 0 Å². The zero-order valence-corrected chi connectivity index (χ0v) is 13.3. The van der Waals surface area contributed by atoms with Crippen LogP contribution < -0.4 is 5.32 Å². The van der Waals surface area contributed by atoms with E-state index in [-0.39, 0.29) is 17.7 Å². The monoisotopic (exact) mass is 325 g/mol. The first kappa shape index (κ1) is 15.4. The highest BCUT2D eigenvalue weighted by Gasteiger charge is 2.15. The van der Waals surface area contributed by atoms with Crippen LogP contribution in [-0.4, -0.2) is 11.0 Å². The zero-order chi connectivity index (χ0) is 16.4. The van der Waals surface area contributed by atoms with E-state index in [0.29, 0.717) is 16.1 Å². The number of benzene rings is 3. The van der Waals surface area contributed by atoms with Gasteiger partial charge in [-0.15, -0.1) is 0 Å². The summed E-state index contributed by atoms with van der Waals surface area (Å²) in [4.78, 5) is 12.4. The van der Waals surface area contributed by atoms with Crippen molar-refractivity contribution in [1.82, 2.24) is 5.32 Å². The van der Waals surface area contributed by atoms with E-state index in [4.69, 9.17) is 11.6 Å². The molecular weight excluding hydrogens is 310 g/mol. The number of hydrogen-bond acceptors (Lipinski definition) is 2. The molecule has 3 rings (SSSR count). The van der Waals surface area contributed by atoms with E-state index >= 15 is 0 Å². The molecule has 0 bridgehead atoms. The van der Waals surface area contributed by atoms with Crippen LogP contribution in [0.25, 0.3) is 10.8 Å². The van der Waals surface area contributed by atoms with Crippen molar-refractivity contribution in [2.45, 2.75) is 13.0 Å². The van der Waals surface area contributed by atoms with Gasteiger partial charge < -0.3 is 10.4 Å². The fraction of sp³-hybridized carbons (Fsp3) is 0.105. The number of carbonyl (C=O) groups excluding carboxylic acids is 1. The van der Waals surface area contributed by atoms with E-state index in [9.17, 15) is 9.90 Å². The second-order valence-electron chi connectivity index (χ2n) is 5.46. The van der Waals surface area contributed by atoms with Crippen LogP contribution in [0.1, 0.15) is 28.9 Å². The lowest BCUT2D eigenvalue weighted by Crippen LogP contribution is -2.26. The molecule has 0 aliphatic carbocycles. The van der Waals surface area contributed by atoms with E-state index < -0.39 is 0 Å². The topological polar surface area (TPSA) is 49.3 Å². The van der Waals surface area contributed by atoms with Crippen LogP contribution in [0.3, 0.4) is 0 Å². The smallest absolute Gasteiger partial charge is 0.251 e. The molecular formula is C19H16ClNO2. The molecule has 0 saturated carbocycles. The van der Waals surface area contributed by atoms with Crippen LogP contribution >= 0.6 is 11.6 Å². The van der Waals surface area contributed by atoms with Gasteiger partial charge in [0.25, 0.3) is 5.91 Å². The minimum absolute atomic E-state index is 0.112. The Labute approximate surface area is 139 Å². The molecule has 0 aliphatic heterocycles. The lowest BCUT2D eigenvalue weighted by molar-refractivity contribution is 0.0939. The van der Waals surface area contributed by atoms with Crippen molar-refractivity contribution in [1.29, 1.82) is 0 Å². The average Bonchev–Trinajstić information content (AvgIpc) is 2.56. The third kappa shape index (κ3) is 3.30. The molecule has 3 nitrogen and oxygen atoms in total. The fourth-order valence-electron chi connectivity index (χ4n) is 2.56. The molecule has 0 radical (unpaired) electrons. The first-order valence-electron chi connectivity index (χ1n) is 7.32. The Kier molecular flexibility index (Phi) is 4.22. The molecule has 2 N–H and O–H groups in total. The van der Waals surface area contributed by atoms with Crippen molar-refractivity contribution in [3.05, 3.63) is 76.8 Å². The van der Waals surface area contributed by atoms with Gasteiger partial charge in [0, 0.05) is 16.1 Å². The van der Waals surface area contributed by atoms with Crippen molar-refractivity contribution in [2.75, 3.05) is 0 Å². The summed E-state index contributed by atoms with van der Waals surface area (Å²) in [7, 11) is 0. The number of carbonyl (C=O) groups is 1. The molecule has 0 aromatic heterocycles. The lowest BCUT2D eigenvalue weighted by Gasteiger charge is -2.16. The molecule has 23 heavy (non-hydrogen) atoms. The van der Waals surface area contributed by atoms with Crippen LogP contribution in [0.15, 0.2) is 60.7 Å². The third-order valence-electron chi connectivity index (χ3n) is 3.82. The summed E-state index contributed by atoms with van der Waals surface area (Å²) in [5, 5.41) is 15.4. The van der Waals surface area contributed by atoms with Gasteiger partial charge in [-0.3, -0.25) is 4.79 Å². The number of rotatable bonds is 3. The number of halogens is 1. The minimum Gasteiger partial charge on any atom is -0.508 e. The molecule has 1 amide bonds. The summed E-state index contributed by atoms with van der Waals surface area (Å²) < 4.78 is 0. The molecule has 0 saturated heterocycles. The van der Waals surface area contributed by atoms with E-state index in [0.717, 1.165) is 10.8 Å². The van der Waals surface area contributed by atoms with E-state index in [1.54, 1.807) is 18.2 Å². The second-order valence-corrected chi connectivity index (χ2v) is 5.90. The van der Waals surface area contributed by atoms with Gasteiger partial charge in [-0.05, 0) is 48.0 Å². The largest absolute Gasteiger partial charge is 0.508 e. The van der Waals surface area contributed by atoms with Crippen molar-refractivity contribution in [3.63, 3.8) is 0 Å². The van der Waals surface area contributed by atoms with Gasteiger partial charge in [0.05, 0.1) is 6.04 Å². The van der Waals surface area contributed by atoms with Crippen LogP contribution in [0, 0.1) is 0 Å². The normalized spacial score (nSPS) is 12.1. The van der Waals surface area contributed by atoms with Crippen LogP contribution in [-0.2, 0) is 0 Å². The predicted octanol–water partition coefficient (Wildman–Crippen LogP) is 4.69. The van der Waals surface area contributed by atoms with Crippen molar-refractivity contribution in [2.24, 2.45) is 0 Å². The van der Waals surface area contributed by atoms with Gasteiger partial charge in [-0.25, -0.2) is 0 Å². The number of phenolic OH excluding ortho intramolecular Hbond substituents is 1. The first-order chi connectivity index (χ1) is 11.0. The molecule has 1 atom stereocenters. The Morgan fingerprint density at radius 3 is 2.57 bits per heavy atom. The average molecular weight is 326 g/mol. The molecule has 0 heterocycles. The summed E-state index contributed by atoms with van der Waals surface area (Å²) in [6.45, 7) is 1.81. The maximum atomic E-state index is 12.4. The SMILES string of the molecule is CC(NC(=O)c1ccc2ccccc2c1)c1cc(Cl)ccc1O. The van der Waals surface area contributed by atoms with Gasteiger partial charge in [0.1, 0.15) is 5.75 Å². The molecule has 0 spiro atoms. The highest BCUT2D eigenvalue weighted by molar-refractivity contribution is 6.30. The lowest BCUT2D eigenvalue weighted by atomic mass is 10.0. The quantitative estimate of drug-likeness (QED) is 0.734. The van der Waals surface area contributed by atoms with Crippen LogP contribution in [0.2, 0.25) is 5.02 Å². The minimum atomic E-state index is -0.354. The van der Waals surface area contributed by atoms with Crippen LogP contribution in [0.5, 0.6) is 5.75 Å². The first-order valence-corrected chi connectivity index (χ1v) is 7.70. The second kappa shape index (κ2) is 6.31. The number of fused-ring (bicyclic) bond motifs is 1. The van der Waals surface area contributed by atoms with E-state index in [1.807, 2.05) is 43.3 Å². The van der Waals surface area contributed by atoms with Gasteiger partial charge in [0.15, 0.2) is 0 Å². The Hall–Kier alpha value is -2.52. The maximum absolute atomic E-state index is 12.4. The number of aromatic hydroxyl groups is 1. The number of hydrogen-bond donors (Lipinski definition) is 2. The number of nitrogens with one attached hydrogen (secondary N) is 1. The summed E-state index contributed by atoms with van der Waals surface area (Å²) in [6.07, 6.45) is 0. The molecule has 0 fully saturated rings. The van der Waals surface area contributed by atoms with Gasteiger partial charge in [0.2, 0.25) is 0 Å². The van der Waals surface area contributed by atoms with Gasteiger partial charge in [-0.2, -0.15) is 0 Å². The highest BCUT2D eigenvalue weighted by atomic mass is 35.5. The number of phenols is 1. The Morgan fingerprint density at radius 2 is 1.78 bits per heavy atom. The zero-order valence-electron chi connectivity index (χ0n) is 12.6. The number of amides is 1. The summed E-state index contributed by atoms with van der Waals surface area (Å²) in [5.41, 5.74) is 1.17. The summed E-state index contributed by atoms with van der Waals surface area (Å²) in [6, 6.07) is 17.9. The summed E-state index contributed by atoms with van der Waals surface area (Å²) >= 11 is 5.96. The summed E-state index contributed by atoms with van der Waals surface area (Å²) in [5.74, 6) is -0.0802. The predicted molar refractivity (Wildman–Crippen MR) is 92.9 cm³/mol. The molecule has 3 aromatic rings. The Bertz CT molecular complexity index is 876. The molecule has 3 aromatic carbocycles. The van der Waals surface area contributed by atoms with E-state index in [1.165, 1.54) is 6.07 Å². The molecule has 0 aliphatic rings. The van der Waals surface area contributed by atoms with E-state index in [2.05, 4.69) is 5.32 Å². The molecule has 116 valence electrons. The highest BCUT2D eigenvalue weighted by Crippen LogP contribution is 2.27. The Balaban J connectivity index is 1.83. The standard InChI is InChI=1S/C19H16ClNO2/c1-12(17-11-16(20)8-9-18(17)22)21-19(23)15-7-6-13-4-2-3-5-14(13)10-15/h2-12,22H,1H3,(H,21,23). The van der Waals surface area contributed by atoms with Crippen molar-refractivity contribution < 1.29 is 9.90 Å².